The number of carbonyl (C=O) groups is 1. The van der Waals surface area contributed by atoms with E-state index in [4.69, 9.17) is 0 Å². The van der Waals surface area contributed by atoms with Gasteiger partial charge in [-0.15, -0.1) is 0 Å². The fourth-order valence-electron chi connectivity index (χ4n) is 2.57. The van der Waals surface area contributed by atoms with Gasteiger partial charge in [-0.1, -0.05) is 19.4 Å². The highest BCUT2D eigenvalue weighted by molar-refractivity contribution is 7.89. The molecule has 0 saturated carbocycles. The standard InChI is InChI=1S/C20H27N3O5S2/c1-4-5-13-21-29(25,26)19-8-6-7-17(14-19)22-20(24)16-9-11-18(12-10-16)30(27,28)23-15(2)3/h6-12,14-15,21,23H,4-5,13H2,1-3H3,(H,22,24). The van der Waals surface area contributed by atoms with E-state index in [1.165, 1.54) is 42.5 Å². The summed E-state index contributed by atoms with van der Waals surface area (Å²) in [4.78, 5) is 12.6. The summed E-state index contributed by atoms with van der Waals surface area (Å²) >= 11 is 0. The molecule has 3 N–H and O–H groups in total. The van der Waals surface area contributed by atoms with Crippen molar-refractivity contribution in [3.8, 4) is 0 Å². The van der Waals surface area contributed by atoms with E-state index < -0.39 is 26.0 Å². The molecule has 0 aromatic heterocycles. The van der Waals surface area contributed by atoms with Crippen LogP contribution in [0.1, 0.15) is 44.0 Å². The molecule has 0 unspecified atom stereocenters. The lowest BCUT2D eigenvalue weighted by molar-refractivity contribution is 0.102. The van der Waals surface area contributed by atoms with Crippen LogP contribution in [-0.4, -0.2) is 35.3 Å². The molecule has 10 heteroatoms. The Hall–Kier alpha value is -2.27. The van der Waals surface area contributed by atoms with Gasteiger partial charge in [0.25, 0.3) is 5.91 Å². The number of amides is 1. The quantitative estimate of drug-likeness (QED) is 0.478. The topological polar surface area (TPSA) is 121 Å². The van der Waals surface area contributed by atoms with Crippen molar-refractivity contribution >= 4 is 31.6 Å². The Morgan fingerprint density at radius 1 is 0.933 bits per heavy atom. The van der Waals surface area contributed by atoms with Crippen LogP contribution in [0, 0.1) is 0 Å². The monoisotopic (exact) mass is 453 g/mol. The summed E-state index contributed by atoms with van der Waals surface area (Å²) in [7, 11) is -7.31. The second-order valence-corrected chi connectivity index (χ2v) is 10.5. The summed E-state index contributed by atoms with van der Waals surface area (Å²) in [6, 6.07) is 11.2. The molecule has 30 heavy (non-hydrogen) atoms. The maximum Gasteiger partial charge on any atom is 0.255 e. The van der Waals surface area contributed by atoms with Gasteiger partial charge in [0.15, 0.2) is 0 Å². The fraction of sp³-hybridized carbons (Fsp3) is 0.350. The average molecular weight is 454 g/mol. The van der Waals surface area contributed by atoms with Crippen LogP contribution < -0.4 is 14.8 Å². The van der Waals surface area contributed by atoms with Gasteiger partial charge >= 0.3 is 0 Å². The number of benzene rings is 2. The second kappa shape index (κ2) is 10.2. The van der Waals surface area contributed by atoms with E-state index in [2.05, 4.69) is 14.8 Å². The van der Waals surface area contributed by atoms with Gasteiger partial charge in [-0.25, -0.2) is 26.3 Å². The highest BCUT2D eigenvalue weighted by Crippen LogP contribution is 2.17. The van der Waals surface area contributed by atoms with Crippen molar-refractivity contribution in [2.24, 2.45) is 0 Å². The normalized spacial score (nSPS) is 12.1. The van der Waals surface area contributed by atoms with Gasteiger partial charge in [0.2, 0.25) is 20.0 Å². The summed E-state index contributed by atoms with van der Waals surface area (Å²) in [5.41, 5.74) is 0.560. The van der Waals surface area contributed by atoms with Crippen LogP contribution in [0.3, 0.4) is 0 Å². The lowest BCUT2D eigenvalue weighted by Gasteiger charge is -2.11. The van der Waals surface area contributed by atoms with E-state index in [-0.39, 0.29) is 21.4 Å². The van der Waals surface area contributed by atoms with Gasteiger partial charge in [0, 0.05) is 23.8 Å². The van der Waals surface area contributed by atoms with E-state index in [1.54, 1.807) is 19.9 Å². The molecule has 2 aromatic carbocycles. The Labute approximate surface area is 178 Å². The van der Waals surface area contributed by atoms with Gasteiger partial charge in [-0.3, -0.25) is 4.79 Å². The first-order valence-electron chi connectivity index (χ1n) is 9.58. The summed E-state index contributed by atoms with van der Waals surface area (Å²) < 4.78 is 54.0. The smallest absolute Gasteiger partial charge is 0.255 e. The molecular weight excluding hydrogens is 426 g/mol. The van der Waals surface area contributed by atoms with Crippen LogP contribution in [0.15, 0.2) is 58.3 Å². The maximum atomic E-state index is 12.5. The molecule has 164 valence electrons. The molecule has 0 aliphatic heterocycles. The second-order valence-electron chi connectivity index (χ2n) is 7.03. The van der Waals surface area contributed by atoms with Crippen molar-refractivity contribution in [3.63, 3.8) is 0 Å². The minimum absolute atomic E-state index is 0.0533. The van der Waals surface area contributed by atoms with E-state index in [0.29, 0.717) is 12.2 Å². The Kier molecular flexibility index (Phi) is 8.13. The van der Waals surface area contributed by atoms with E-state index in [0.717, 1.165) is 12.8 Å². The predicted octanol–water partition coefficient (Wildman–Crippen LogP) is 2.70. The number of nitrogens with one attached hydrogen (secondary N) is 3. The van der Waals surface area contributed by atoms with Crippen molar-refractivity contribution in [1.82, 2.24) is 9.44 Å². The molecule has 0 saturated heterocycles. The molecule has 2 rings (SSSR count). The molecule has 0 aliphatic rings. The first-order valence-corrected chi connectivity index (χ1v) is 12.6. The van der Waals surface area contributed by atoms with Crippen LogP contribution in [0.25, 0.3) is 0 Å². The van der Waals surface area contributed by atoms with Crippen molar-refractivity contribution < 1.29 is 21.6 Å². The number of anilines is 1. The number of sulfonamides is 2. The Morgan fingerprint density at radius 3 is 2.20 bits per heavy atom. The molecule has 0 radical (unpaired) electrons. The third-order valence-corrected chi connectivity index (χ3v) is 7.18. The molecule has 0 spiro atoms. The van der Waals surface area contributed by atoms with Crippen molar-refractivity contribution in [2.45, 2.75) is 49.4 Å². The first-order chi connectivity index (χ1) is 14.0. The highest BCUT2D eigenvalue weighted by Gasteiger charge is 2.17. The molecular formula is C20H27N3O5S2. The van der Waals surface area contributed by atoms with Crippen LogP contribution in [0.4, 0.5) is 5.69 Å². The average Bonchev–Trinajstić information content (AvgIpc) is 2.67. The van der Waals surface area contributed by atoms with Gasteiger partial charge in [-0.05, 0) is 62.7 Å². The van der Waals surface area contributed by atoms with E-state index in [9.17, 15) is 21.6 Å². The van der Waals surface area contributed by atoms with Crippen LogP contribution in [-0.2, 0) is 20.0 Å². The molecule has 0 heterocycles. The zero-order valence-electron chi connectivity index (χ0n) is 17.2. The van der Waals surface area contributed by atoms with Gasteiger partial charge in [0.1, 0.15) is 0 Å². The summed E-state index contributed by atoms with van der Waals surface area (Å²) in [6.07, 6.45) is 1.60. The molecule has 0 atom stereocenters. The zero-order chi connectivity index (χ0) is 22.4. The fourth-order valence-corrected chi connectivity index (χ4v) is 4.95. The molecule has 0 aliphatic carbocycles. The minimum Gasteiger partial charge on any atom is -0.322 e. The van der Waals surface area contributed by atoms with Gasteiger partial charge in [0.05, 0.1) is 9.79 Å². The largest absolute Gasteiger partial charge is 0.322 e. The summed E-state index contributed by atoms with van der Waals surface area (Å²) in [6.45, 7) is 5.74. The third kappa shape index (κ3) is 6.63. The van der Waals surface area contributed by atoms with Gasteiger partial charge in [-0.2, -0.15) is 0 Å². The van der Waals surface area contributed by atoms with Crippen molar-refractivity contribution in [3.05, 3.63) is 54.1 Å². The van der Waals surface area contributed by atoms with E-state index >= 15 is 0 Å². The SMILES string of the molecule is CCCCNS(=O)(=O)c1cccc(NC(=O)c2ccc(S(=O)(=O)NC(C)C)cc2)c1. The van der Waals surface area contributed by atoms with Crippen LogP contribution in [0.5, 0.6) is 0 Å². The maximum absolute atomic E-state index is 12.5. The number of hydrogen-bond acceptors (Lipinski definition) is 5. The number of rotatable bonds is 10. The lowest BCUT2D eigenvalue weighted by Crippen LogP contribution is -2.30. The van der Waals surface area contributed by atoms with Crippen molar-refractivity contribution in [1.29, 1.82) is 0 Å². The summed E-state index contributed by atoms with van der Waals surface area (Å²) in [5.74, 6) is -0.482. The highest BCUT2D eigenvalue weighted by atomic mass is 32.2. The van der Waals surface area contributed by atoms with Crippen LogP contribution in [0.2, 0.25) is 0 Å². The number of carbonyl (C=O) groups excluding carboxylic acids is 1. The van der Waals surface area contributed by atoms with E-state index in [1.807, 2.05) is 6.92 Å². The minimum atomic E-state index is -3.66. The zero-order valence-corrected chi connectivity index (χ0v) is 18.8. The Morgan fingerprint density at radius 2 is 1.60 bits per heavy atom. The lowest BCUT2D eigenvalue weighted by atomic mass is 10.2. The Bertz CT molecular complexity index is 1080. The summed E-state index contributed by atoms with van der Waals surface area (Å²) in [5, 5.41) is 2.63. The molecule has 8 nitrogen and oxygen atoms in total. The van der Waals surface area contributed by atoms with Crippen molar-refractivity contribution in [2.75, 3.05) is 11.9 Å². The number of hydrogen-bond donors (Lipinski definition) is 3. The molecule has 2 aromatic rings. The number of unbranched alkanes of at least 4 members (excludes halogenated alkanes) is 1. The molecule has 1 amide bonds. The third-order valence-electron chi connectivity index (χ3n) is 4.04. The van der Waals surface area contributed by atoms with Gasteiger partial charge < -0.3 is 5.32 Å². The molecule has 0 fully saturated rings. The predicted molar refractivity (Wildman–Crippen MR) is 116 cm³/mol. The first kappa shape index (κ1) is 24.0. The molecule has 0 bridgehead atoms. The van der Waals surface area contributed by atoms with Crippen LogP contribution >= 0.6 is 0 Å². The Balaban J connectivity index is 2.13.